The molecule has 0 amide bonds. The van der Waals surface area contributed by atoms with Gasteiger partial charge in [-0.05, 0) is 0 Å². The van der Waals surface area contributed by atoms with Gasteiger partial charge in [-0.3, -0.25) is 0 Å². The van der Waals surface area contributed by atoms with E-state index >= 15 is 0 Å². The Morgan fingerprint density at radius 3 is 1.58 bits per heavy atom. The summed E-state index contributed by atoms with van der Waals surface area (Å²) in [6.07, 6.45) is 2.81. The predicted molar refractivity (Wildman–Crippen MR) is 138 cm³/mol. The molecule has 0 aliphatic heterocycles. The van der Waals surface area contributed by atoms with Crippen LogP contribution in [0.3, 0.4) is 0 Å². The van der Waals surface area contributed by atoms with Gasteiger partial charge in [-0.15, -0.1) is 0 Å². The Morgan fingerprint density at radius 2 is 1.19 bits per heavy atom. The molecule has 0 aliphatic carbocycles. The molecule has 0 aromatic heterocycles. The van der Waals surface area contributed by atoms with Crippen molar-refractivity contribution < 1.29 is 9.90 Å². The van der Waals surface area contributed by atoms with Gasteiger partial charge in [-0.1, -0.05) is 0 Å². The van der Waals surface area contributed by atoms with Gasteiger partial charge in [0.15, 0.2) is 0 Å². The third-order valence-electron chi connectivity index (χ3n) is 5.97. The van der Waals surface area contributed by atoms with Gasteiger partial charge < -0.3 is 0 Å². The molecule has 3 aromatic rings. The van der Waals surface area contributed by atoms with E-state index in [1.165, 1.54) is 15.9 Å². The normalized spacial score (nSPS) is 12.9. The Balaban J connectivity index is 2.00. The SMILES string of the molecule is CN(CCCCC(=O)O)CCP(Br)(c1ccccc1)(c1ccccc1)c1ccccc1. The van der Waals surface area contributed by atoms with Crippen LogP contribution < -0.4 is 15.9 Å². The van der Waals surface area contributed by atoms with E-state index in [9.17, 15) is 4.79 Å². The number of unbranched alkanes of at least 4 members (excludes halogenated alkanes) is 1. The molecule has 164 valence electrons. The van der Waals surface area contributed by atoms with E-state index in [2.05, 4.69) is 118 Å². The first-order chi connectivity index (χ1) is 14.9. The van der Waals surface area contributed by atoms with Crippen LogP contribution in [0.2, 0.25) is 0 Å². The molecule has 0 spiro atoms. The zero-order chi connectivity index (χ0) is 22.2. The number of nitrogens with zero attached hydrogens (tertiary/aromatic N) is 1. The van der Waals surface area contributed by atoms with Gasteiger partial charge in [0.1, 0.15) is 0 Å². The number of halogens is 1. The molecule has 0 aliphatic rings. The first-order valence-corrected chi connectivity index (χ1v) is 15.2. The van der Waals surface area contributed by atoms with Gasteiger partial charge in [0.05, 0.1) is 0 Å². The van der Waals surface area contributed by atoms with Gasteiger partial charge in [-0.25, -0.2) is 0 Å². The average molecular weight is 500 g/mol. The molecule has 1 N–H and O–H groups in total. The second-order valence-corrected chi connectivity index (χ2v) is 17.1. The Kier molecular flexibility index (Phi) is 8.05. The van der Waals surface area contributed by atoms with Crippen LogP contribution in [0.5, 0.6) is 0 Å². The molecule has 0 saturated heterocycles. The molecule has 0 fully saturated rings. The molecule has 3 nitrogen and oxygen atoms in total. The van der Waals surface area contributed by atoms with E-state index < -0.39 is 11.3 Å². The number of rotatable bonds is 11. The van der Waals surface area contributed by atoms with Crippen LogP contribution in [0, 0.1) is 0 Å². The van der Waals surface area contributed by atoms with Crippen LogP contribution in [-0.2, 0) is 4.79 Å². The van der Waals surface area contributed by atoms with Crippen molar-refractivity contribution in [2.24, 2.45) is 0 Å². The Bertz CT molecular complexity index is 867. The van der Waals surface area contributed by atoms with Crippen LogP contribution in [0.15, 0.2) is 91.0 Å². The molecule has 3 rings (SSSR count). The molecular formula is C26H31BrNO2P. The summed E-state index contributed by atoms with van der Waals surface area (Å²) >= 11 is 4.47. The van der Waals surface area contributed by atoms with Crippen molar-refractivity contribution in [1.82, 2.24) is 4.90 Å². The van der Waals surface area contributed by atoms with E-state index in [4.69, 9.17) is 5.11 Å². The number of carboxylic acid groups (broad SMARTS) is 1. The van der Waals surface area contributed by atoms with Crippen LogP contribution in [0.4, 0.5) is 0 Å². The monoisotopic (exact) mass is 499 g/mol. The molecule has 0 heterocycles. The molecule has 0 atom stereocenters. The zero-order valence-electron chi connectivity index (χ0n) is 18.0. The fourth-order valence-corrected chi connectivity index (χ4v) is 11.6. The van der Waals surface area contributed by atoms with Crippen LogP contribution in [0.1, 0.15) is 19.3 Å². The standard InChI is InChI=1S/C26H31BrNO2P/c1-28(20-12-11-19-26(29)30)21-22-31(27,23-13-5-2-6-14-23,24-15-7-3-8-16-24)25-17-9-4-10-18-25/h2-10,13-18H,11-12,19-22H2,1H3,(H,29,30). The first-order valence-electron chi connectivity index (χ1n) is 10.7. The summed E-state index contributed by atoms with van der Waals surface area (Å²) < 4.78 is 0. The number of benzene rings is 3. The van der Waals surface area contributed by atoms with Crippen LogP contribution in [0.25, 0.3) is 0 Å². The summed E-state index contributed by atoms with van der Waals surface area (Å²) in [5, 5.41) is 9.97. The number of carbonyl (C=O) groups is 1. The number of carboxylic acids is 1. The number of aliphatic carboxylic acids is 1. The molecule has 3 aromatic carbocycles. The van der Waals surface area contributed by atoms with Crippen molar-refractivity contribution in [3.63, 3.8) is 0 Å². The molecule has 0 bridgehead atoms. The fourth-order valence-electron chi connectivity index (χ4n) is 4.18. The Hall–Kier alpha value is -2.00. The number of hydrogen-bond donors (Lipinski definition) is 1. The topological polar surface area (TPSA) is 40.5 Å². The summed E-state index contributed by atoms with van der Waals surface area (Å²) in [5.41, 5.74) is 0. The third kappa shape index (κ3) is 5.26. The molecule has 0 radical (unpaired) electrons. The second-order valence-electron chi connectivity index (χ2n) is 8.07. The third-order valence-corrected chi connectivity index (χ3v) is 15.9. The van der Waals surface area contributed by atoms with E-state index in [0.717, 1.165) is 25.7 Å². The van der Waals surface area contributed by atoms with Gasteiger partial charge in [-0.2, -0.15) is 0 Å². The van der Waals surface area contributed by atoms with E-state index in [1.807, 2.05) is 0 Å². The second kappa shape index (κ2) is 10.5. The van der Waals surface area contributed by atoms with Gasteiger partial charge in [0, 0.05) is 0 Å². The Labute approximate surface area is 193 Å². The summed E-state index contributed by atoms with van der Waals surface area (Å²) in [4.78, 5) is 13.1. The molecule has 0 unspecified atom stereocenters. The number of hydrogen-bond acceptors (Lipinski definition) is 2. The quantitative estimate of drug-likeness (QED) is 0.297. The van der Waals surface area contributed by atoms with Gasteiger partial charge in [0.25, 0.3) is 0 Å². The summed E-state index contributed by atoms with van der Waals surface area (Å²) in [5.74, 6) is -0.717. The van der Waals surface area contributed by atoms with Crippen molar-refractivity contribution >= 4 is 42.7 Å². The summed E-state index contributed by atoms with van der Waals surface area (Å²) in [7, 11) is 2.13. The molecule has 5 heteroatoms. The predicted octanol–water partition coefficient (Wildman–Crippen LogP) is 5.01. The summed E-state index contributed by atoms with van der Waals surface area (Å²) in [6, 6.07) is 32.5. The minimum atomic E-state index is -2.89. The van der Waals surface area contributed by atoms with E-state index in [0.29, 0.717) is 6.42 Å². The van der Waals surface area contributed by atoms with E-state index in [-0.39, 0.29) is 6.42 Å². The van der Waals surface area contributed by atoms with Gasteiger partial charge in [0.2, 0.25) is 0 Å². The van der Waals surface area contributed by atoms with Crippen molar-refractivity contribution in [3.05, 3.63) is 91.0 Å². The Morgan fingerprint density at radius 1 is 0.774 bits per heavy atom. The van der Waals surface area contributed by atoms with Crippen molar-refractivity contribution in [2.75, 3.05) is 26.3 Å². The van der Waals surface area contributed by atoms with E-state index in [1.54, 1.807) is 0 Å². The van der Waals surface area contributed by atoms with Crippen molar-refractivity contribution in [3.8, 4) is 0 Å². The van der Waals surface area contributed by atoms with Crippen molar-refractivity contribution in [2.45, 2.75) is 19.3 Å². The summed E-state index contributed by atoms with van der Waals surface area (Å²) in [6.45, 7) is 1.81. The molecule has 0 saturated carbocycles. The average Bonchev–Trinajstić information content (AvgIpc) is 2.82. The van der Waals surface area contributed by atoms with Crippen LogP contribution >= 0.6 is 20.8 Å². The molecular weight excluding hydrogens is 469 g/mol. The zero-order valence-corrected chi connectivity index (χ0v) is 20.5. The first kappa shape index (κ1) is 23.7. The van der Waals surface area contributed by atoms with Crippen LogP contribution in [-0.4, -0.2) is 42.3 Å². The van der Waals surface area contributed by atoms with Crippen molar-refractivity contribution in [1.29, 1.82) is 0 Å². The maximum absolute atomic E-state index is 10.8. The fraction of sp³-hybridized carbons (Fsp3) is 0.269. The minimum absolute atomic E-state index is 0.240. The molecule has 31 heavy (non-hydrogen) atoms. The van der Waals surface area contributed by atoms with Gasteiger partial charge >= 0.3 is 194 Å². The maximum atomic E-state index is 10.8.